The molecule has 3 N–H and O–H groups in total. The van der Waals surface area contributed by atoms with Crippen molar-refractivity contribution in [1.29, 1.82) is 0 Å². The molecule has 0 saturated heterocycles. The predicted octanol–water partition coefficient (Wildman–Crippen LogP) is 4.95. The van der Waals surface area contributed by atoms with Gasteiger partial charge in [0.2, 0.25) is 0 Å². The molecule has 0 rings (SSSR count). The maximum atomic E-state index is 11.3. The van der Waals surface area contributed by atoms with Gasteiger partial charge in [0.05, 0.1) is 18.3 Å². The number of carboxylic acids is 3. The van der Waals surface area contributed by atoms with Crippen LogP contribution in [-0.4, -0.2) is 33.2 Å². The van der Waals surface area contributed by atoms with Crippen LogP contribution in [0.5, 0.6) is 0 Å². The van der Waals surface area contributed by atoms with E-state index in [1.165, 1.54) is 51.4 Å². The molecule has 152 valence electrons. The van der Waals surface area contributed by atoms with E-state index in [4.69, 9.17) is 10.2 Å². The summed E-state index contributed by atoms with van der Waals surface area (Å²) in [4.78, 5) is 33.2. The Labute approximate surface area is 157 Å². The summed E-state index contributed by atoms with van der Waals surface area (Å²) in [5, 5.41) is 27.1. The maximum absolute atomic E-state index is 11.3. The molecule has 0 heterocycles. The van der Waals surface area contributed by atoms with Crippen molar-refractivity contribution in [2.45, 2.75) is 96.8 Å². The molecule has 0 spiro atoms. The Balaban J connectivity index is 3.85. The number of aliphatic carboxylic acids is 3. The van der Waals surface area contributed by atoms with Crippen LogP contribution in [0, 0.1) is 11.8 Å². The van der Waals surface area contributed by atoms with Crippen molar-refractivity contribution in [2.75, 3.05) is 0 Å². The monoisotopic (exact) mass is 372 g/mol. The highest BCUT2D eigenvalue weighted by Gasteiger charge is 2.34. The summed E-state index contributed by atoms with van der Waals surface area (Å²) in [7, 11) is 0. The summed E-state index contributed by atoms with van der Waals surface area (Å²) >= 11 is 0. The molecule has 0 amide bonds. The standard InChI is InChI=1S/C20H36O6/c1-2-3-4-5-6-7-8-9-10-11-12-13-14-16(19(23)24)17(20(25)26)15-18(21)22/h16-17H,2-15H2,1H3,(H,21,22)(H,23,24)(H,25,26)/t16-,17-/m0/s1. The van der Waals surface area contributed by atoms with Crippen molar-refractivity contribution in [3.63, 3.8) is 0 Å². The van der Waals surface area contributed by atoms with Crippen molar-refractivity contribution in [3.8, 4) is 0 Å². The number of hydrogen-bond acceptors (Lipinski definition) is 3. The van der Waals surface area contributed by atoms with Crippen molar-refractivity contribution < 1.29 is 29.7 Å². The molecule has 0 aromatic carbocycles. The molecule has 0 bridgehead atoms. The van der Waals surface area contributed by atoms with E-state index in [-0.39, 0.29) is 6.42 Å². The zero-order chi connectivity index (χ0) is 19.8. The Morgan fingerprint density at radius 2 is 1.00 bits per heavy atom. The number of rotatable bonds is 18. The highest BCUT2D eigenvalue weighted by molar-refractivity contribution is 5.83. The van der Waals surface area contributed by atoms with Crippen molar-refractivity contribution >= 4 is 17.9 Å². The van der Waals surface area contributed by atoms with Gasteiger partial charge in [-0.3, -0.25) is 14.4 Å². The summed E-state index contributed by atoms with van der Waals surface area (Å²) < 4.78 is 0. The fourth-order valence-corrected chi connectivity index (χ4v) is 3.29. The Bertz CT molecular complexity index is 407. The first kappa shape index (κ1) is 24.4. The summed E-state index contributed by atoms with van der Waals surface area (Å²) in [6.07, 6.45) is 13.4. The van der Waals surface area contributed by atoms with E-state index < -0.39 is 36.2 Å². The topological polar surface area (TPSA) is 112 Å². The van der Waals surface area contributed by atoms with Gasteiger partial charge in [0.25, 0.3) is 0 Å². The summed E-state index contributed by atoms with van der Waals surface area (Å²) in [5.41, 5.74) is 0. The van der Waals surface area contributed by atoms with E-state index >= 15 is 0 Å². The van der Waals surface area contributed by atoms with E-state index in [1.807, 2.05) is 0 Å². The van der Waals surface area contributed by atoms with Crippen LogP contribution in [0.1, 0.15) is 96.8 Å². The third kappa shape index (κ3) is 12.7. The van der Waals surface area contributed by atoms with Crippen molar-refractivity contribution in [1.82, 2.24) is 0 Å². The van der Waals surface area contributed by atoms with Crippen LogP contribution >= 0.6 is 0 Å². The quantitative estimate of drug-likeness (QED) is 0.293. The smallest absolute Gasteiger partial charge is 0.307 e. The minimum absolute atomic E-state index is 0.219. The molecule has 0 fully saturated rings. The highest BCUT2D eigenvalue weighted by Crippen LogP contribution is 2.24. The summed E-state index contributed by atoms with van der Waals surface area (Å²) in [5.74, 6) is -6.34. The fraction of sp³-hybridized carbons (Fsp3) is 0.850. The lowest BCUT2D eigenvalue weighted by Gasteiger charge is -2.18. The minimum atomic E-state index is -1.36. The van der Waals surface area contributed by atoms with Crippen molar-refractivity contribution in [3.05, 3.63) is 0 Å². The zero-order valence-corrected chi connectivity index (χ0v) is 16.1. The molecule has 0 aliphatic carbocycles. The third-order valence-electron chi connectivity index (χ3n) is 4.88. The Kier molecular flexibility index (Phi) is 14.7. The second kappa shape index (κ2) is 15.6. The maximum Gasteiger partial charge on any atom is 0.307 e. The van der Waals surface area contributed by atoms with Gasteiger partial charge in [-0.05, 0) is 6.42 Å². The third-order valence-corrected chi connectivity index (χ3v) is 4.88. The van der Waals surface area contributed by atoms with Crippen LogP contribution in [0.15, 0.2) is 0 Å². The number of unbranched alkanes of at least 4 members (excludes halogenated alkanes) is 11. The first-order valence-electron chi connectivity index (χ1n) is 10.1. The van der Waals surface area contributed by atoms with Crippen LogP contribution in [-0.2, 0) is 14.4 Å². The number of hydrogen-bond donors (Lipinski definition) is 3. The summed E-state index contributed by atoms with van der Waals surface area (Å²) in [6.45, 7) is 2.21. The van der Waals surface area contributed by atoms with Crippen LogP contribution in [0.3, 0.4) is 0 Å². The average molecular weight is 373 g/mol. The van der Waals surface area contributed by atoms with Crippen LogP contribution in [0.4, 0.5) is 0 Å². The van der Waals surface area contributed by atoms with Gasteiger partial charge in [-0.2, -0.15) is 0 Å². The van der Waals surface area contributed by atoms with Gasteiger partial charge in [-0.25, -0.2) is 0 Å². The molecule has 0 aromatic heterocycles. The van der Waals surface area contributed by atoms with E-state index in [2.05, 4.69) is 6.92 Å². The van der Waals surface area contributed by atoms with Crippen molar-refractivity contribution in [2.24, 2.45) is 11.8 Å². The predicted molar refractivity (Wildman–Crippen MR) is 100 cm³/mol. The largest absolute Gasteiger partial charge is 0.481 e. The minimum Gasteiger partial charge on any atom is -0.481 e. The summed E-state index contributed by atoms with van der Waals surface area (Å²) in [6, 6.07) is 0. The molecule has 0 radical (unpaired) electrons. The van der Waals surface area contributed by atoms with E-state index in [9.17, 15) is 19.5 Å². The van der Waals surface area contributed by atoms with E-state index in [0.29, 0.717) is 6.42 Å². The lowest BCUT2D eigenvalue weighted by atomic mass is 9.85. The van der Waals surface area contributed by atoms with Crippen LogP contribution in [0.2, 0.25) is 0 Å². The SMILES string of the molecule is CCCCCCCCCCCCCC[C@H](C(=O)O)[C@H](CC(=O)O)C(=O)O. The average Bonchev–Trinajstić information content (AvgIpc) is 2.57. The van der Waals surface area contributed by atoms with Gasteiger partial charge in [0, 0.05) is 0 Å². The Hall–Kier alpha value is -1.59. The molecule has 0 unspecified atom stereocenters. The lowest BCUT2D eigenvalue weighted by molar-refractivity contribution is -0.157. The molecule has 0 aromatic rings. The molecular weight excluding hydrogens is 336 g/mol. The van der Waals surface area contributed by atoms with E-state index in [0.717, 1.165) is 19.3 Å². The Morgan fingerprint density at radius 1 is 0.615 bits per heavy atom. The molecule has 6 nitrogen and oxygen atoms in total. The number of carboxylic acid groups (broad SMARTS) is 3. The number of carbonyl (C=O) groups is 3. The molecule has 0 aliphatic heterocycles. The second-order valence-corrected chi connectivity index (χ2v) is 7.17. The van der Waals surface area contributed by atoms with Gasteiger partial charge in [0.1, 0.15) is 0 Å². The van der Waals surface area contributed by atoms with Gasteiger partial charge in [-0.15, -0.1) is 0 Å². The van der Waals surface area contributed by atoms with Crippen LogP contribution < -0.4 is 0 Å². The van der Waals surface area contributed by atoms with Gasteiger partial charge < -0.3 is 15.3 Å². The molecular formula is C20H36O6. The molecule has 26 heavy (non-hydrogen) atoms. The molecule has 0 saturated carbocycles. The normalized spacial score (nSPS) is 13.3. The molecule has 6 heteroatoms. The van der Waals surface area contributed by atoms with Gasteiger partial charge in [-0.1, -0.05) is 84.0 Å². The highest BCUT2D eigenvalue weighted by atomic mass is 16.4. The van der Waals surface area contributed by atoms with Gasteiger partial charge >= 0.3 is 17.9 Å². The first-order chi connectivity index (χ1) is 12.4. The Morgan fingerprint density at radius 3 is 1.35 bits per heavy atom. The molecule has 0 aliphatic rings. The second-order valence-electron chi connectivity index (χ2n) is 7.17. The van der Waals surface area contributed by atoms with Gasteiger partial charge in [0.15, 0.2) is 0 Å². The zero-order valence-electron chi connectivity index (χ0n) is 16.1. The van der Waals surface area contributed by atoms with Crippen LogP contribution in [0.25, 0.3) is 0 Å². The lowest BCUT2D eigenvalue weighted by Crippen LogP contribution is -2.31. The van der Waals surface area contributed by atoms with E-state index in [1.54, 1.807) is 0 Å². The fourth-order valence-electron chi connectivity index (χ4n) is 3.29. The molecule has 2 atom stereocenters. The first-order valence-corrected chi connectivity index (χ1v) is 10.1.